The molecule has 0 spiro atoms. The smallest absolute Gasteiger partial charge is 0.420 e. The third-order valence-electron chi connectivity index (χ3n) is 5.29. The summed E-state index contributed by atoms with van der Waals surface area (Å²) in [6.07, 6.45) is -13.0. The van der Waals surface area contributed by atoms with Crippen molar-refractivity contribution in [1.82, 2.24) is 0 Å². The highest BCUT2D eigenvalue weighted by atomic mass is 19.4. The zero-order valence-corrected chi connectivity index (χ0v) is 17.0. The number of hydrogen-bond acceptors (Lipinski definition) is 8. The van der Waals surface area contributed by atoms with Crippen molar-refractivity contribution in [2.24, 2.45) is 0 Å². The van der Waals surface area contributed by atoms with Crippen LogP contribution in [0.25, 0.3) is 0 Å². The first-order valence-corrected chi connectivity index (χ1v) is 9.62. The van der Waals surface area contributed by atoms with Crippen LogP contribution in [-0.2, 0) is 21.8 Å². The van der Waals surface area contributed by atoms with Crippen LogP contribution in [0.5, 0.6) is 11.5 Å². The molecule has 6 N–H and O–H groups in total. The average molecular weight is 496 g/mol. The van der Waals surface area contributed by atoms with E-state index in [1.165, 1.54) is 0 Å². The molecule has 34 heavy (non-hydrogen) atoms. The second-order valence-electron chi connectivity index (χ2n) is 7.86. The summed E-state index contributed by atoms with van der Waals surface area (Å²) in [5.41, 5.74) is 7.82. The summed E-state index contributed by atoms with van der Waals surface area (Å²) < 4.78 is 101. The summed E-state index contributed by atoms with van der Waals surface area (Å²) in [6, 6.07) is 5.17. The summed E-state index contributed by atoms with van der Waals surface area (Å²) >= 11 is 0. The van der Waals surface area contributed by atoms with E-state index in [4.69, 9.17) is 30.4 Å². The molecule has 2 heterocycles. The second-order valence-corrected chi connectivity index (χ2v) is 7.86. The van der Waals surface area contributed by atoms with Gasteiger partial charge in [0.2, 0.25) is 0 Å². The van der Waals surface area contributed by atoms with Crippen molar-refractivity contribution in [3.05, 3.63) is 47.5 Å². The van der Waals surface area contributed by atoms with Gasteiger partial charge in [-0.25, -0.2) is 0 Å². The number of nitrogen functional groups attached to an aromatic ring is 2. The summed E-state index contributed by atoms with van der Waals surface area (Å²) in [5.74, 6) is -6.68. The van der Waals surface area contributed by atoms with Crippen LogP contribution in [0.4, 0.5) is 37.7 Å². The van der Waals surface area contributed by atoms with Gasteiger partial charge in [0.1, 0.15) is 24.7 Å². The van der Waals surface area contributed by atoms with Crippen LogP contribution in [0.1, 0.15) is 11.1 Å². The van der Waals surface area contributed by atoms with Crippen LogP contribution in [-0.4, -0.2) is 47.2 Å². The van der Waals surface area contributed by atoms with Gasteiger partial charge in [0.15, 0.2) is 12.2 Å². The highest BCUT2D eigenvalue weighted by Crippen LogP contribution is 2.46. The first-order valence-electron chi connectivity index (χ1n) is 9.62. The van der Waals surface area contributed by atoms with E-state index >= 15 is 0 Å². The quantitative estimate of drug-likeness (QED) is 0.289. The predicted molar refractivity (Wildman–Crippen MR) is 102 cm³/mol. The van der Waals surface area contributed by atoms with Gasteiger partial charge >= 0.3 is 12.4 Å². The zero-order valence-electron chi connectivity index (χ0n) is 17.0. The molecular formula is C20H18F6N2O6. The molecule has 2 saturated heterocycles. The maximum Gasteiger partial charge on any atom is 0.420 e. The third-order valence-corrected chi connectivity index (χ3v) is 5.29. The maximum absolute atomic E-state index is 13.4. The summed E-state index contributed by atoms with van der Waals surface area (Å²) in [7, 11) is 0. The molecule has 14 heteroatoms. The fourth-order valence-corrected chi connectivity index (χ4v) is 3.76. The van der Waals surface area contributed by atoms with E-state index in [1.807, 2.05) is 0 Å². The van der Waals surface area contributed by atoms with E-state index in [0.717, 1.165) is 24.3 Å². The Morgan fingerprint density at radius 2 is 1.09 bits per heavy atom. The Balaban J connectivity index is 1.60. The molecule has 0 saturated carbocycles. The molecule has 0 amide bonds. The fraction of sp³-hybridized carbons (Fsp3) is 0.400. The summed E-state index contributed by atoms with van der Waals surface area (Å²) in [5, 5.41) is 21.7. The Labute approximate surface area is 187 Å². The lowest BCUT2D eigenvalue weighted by molar-refractivity contribution is -0.213. The van der Waals surface area contributed by atoms with Gasteiger partial charge < -0.3 is 40.6 Å². The normalized spacial score (nSPS) is 29.2. The molecule has 8 nitrogen and oxygen atoms in total. The number of benzene rings is 2. The van der Waals surface area contributed by atoms with E-state index in [-0.39, 0.29) is 11.4 Å². The first-order chi connectivity index (χ1) is 15.6. The molecule has 0 aliphatic carbocycles. The third kappa shape index (κ3) is 4.29. The Kier molecular flexibility index (Phi) is 5.55. The highest BCUT2D eigenvalue weighted by Gasteiger charge is 2.66. The molecule has 2 aromatic carbocycles. The molecule has 4 atom stereocenters. The van der Waals surface area contributed by atoms with Crippen molar-refractivity contribution in [3.63, 3.8) is 0 Å². The lowest BCUT2D eigenvalue weighted by Gasteiger charge is -2.29. The molecule has 2 fully saturated rings. The minimum absolute atomic E-state index is 0.212. The van der Waals surface area contributed by atoms with Crippen LogP contribution in [0, 0.1) is 0 Å². The fourth-order valence-electron chi connectivity index (χ4n) is 3.76. The van der Waals surface area contributed by atoms with E-state index in [0.29, 0.717) is 12.1 Å². The zero-order chi connectivity index (χ0) is 25.1. The minimum Gasteiger partial charge on any atom is -0.456 e. The van der Waals surface area contributed by atoms with Crippen molar-refractivity contribution >= 4 is 11.4 Å². The number of nitrogens with two attached hydrogens (primary N) is 2. The van der Waals surface area contributed by atoms with E-state index < -0.39 is 72.0 Å². The molecule has 4 rings (SSSR count). The van der Waals surface area contributed by atoms with Gasteiger partial charge in [0.25, 0.3) is 11.6 Å². The van der Waals surface area contributed by atoms with Crippen molar-refractivity contribution in [3.8, 4) is 11.5 Å². The maximum atomic E-state index is 13.4. The molecule has 2 aliphatic heterocycles. The number of ether oxygens (including phenoxy) is 4. The number of rotatable bonds is 4. The van der Waals surface area contributed by atoms with Gasteiger partial charge in [-0.05, 0) is 36.4 Å². The standard InChI is InChI=1S/C20H18F6N2O6/c21-19(22,23)11-5-9(27)1-3-13(11)33-17(29)7-31-16-15(17)32-8-18(16,30)34-14-4-2-10(28)6-12(14)20(24,25)26/h1-6,15-16,29-30H,7-8,27-28H2/t15-,16-,17-,18-/m0/s1. The lowest BCUT2D eigenvalue weighted by atomic mass is 10.0. The molecule has 0 unspecified atom stereocenters. The molecule has 2 aromatic rings. The van der Waals surface area contributed by atoms with Crippen LogP contribution in [0.2, 0.25) is 0 Å². The highest BCUT2D eigenvalue weighted by molar-refractivity contribution is 5.50. The van der Waals surface area contributed by atoms with Crippen LogP contribution >= 0.6 is 0 Å². The van der Waals surface area contributed by atoms with Gasteiger partial charge in [-0.15, -0.1) is 0 Å². The lowest BCUT2D eigenvalue weighted by Crippen LogP contribution is -2.52. The number of halogens is 6. The Hall–Kier alpha value is -2.94. The molecule has 0 aromatic heterocycles. The Morgan fingerprint density at radius 1 is 0.735 bits per heavy atom. The van der Waals surface area contributed by atoms with Gasteiger partial charge in [0.05, 0.1) is 11.1 Å². The Morgan fingerprint density at radius 3 is 1.41 bits per heavy atom. The van der Waals surface area contributed by atoms with E-state index in [2.05, 4.69) is 0 Å². The van der Waals surface area contributed by atoms with Crippen molar-refractivity contribution < 1.29 is 55.5 Å². The van der Waals surface area contributed by atoms with Gasteiger partial charge in [-0.3, -0.25) is 0 Å². The molecule has 0 bridgehead atoms. The van der Waals surface area contributed by atoms with Crippen molar-refractivity contribution in [2.75, 3.05) is 24.7 Å². The number of aliphatic hydroxyl groups is 2. The predicted octanol–water partition coefficient (Wildman–Crippen LogP) is 2.52. The van der Waals surface area contributed by atoms with Gasteiger partial charge in [-0.1, -0.05) is 0 Å². The van der Waals surface area contributed by atoms with Crippen LogP contribution in [0.15, 0.2) is 36.4 Å². The van der Waals surface area contributed by atoms with E-state index in [9.17, 15) is 36.6 Å². The number of anilines is 2. The second kappa shape index (κ2) is 7.80. The summed E-state index contributed by atoms with van der Waals surface area (Å²) in [4.78, 5) is 0. The summed E-state index contributed by atoms with van der Waals surface area (Å²) in [6.45, 7) is -1.58. The van der Waals surface area contributed by atoms with E-state index in [1.54, 1.807) is 0 Å². The number of alkyl halides is 6. The SMILES string of the molecule is Nc1ccc(O[C@@]2(O)CO[C@H]3[C@@H]2OC[C@]3(O)Oc2ccc(N)cc2C(F)(F)F)c(C(F)(F)F)c1. The van der Waals surface area contributed by atoms with Crippen LogP contribution in [0.3, 0.4) is 0 Å². The molecule has 186 valence electrons. The molecular weight excluding hydrogens is 478 g/mol. The first kappa shape index (κ1) is 24.2. The van der Waals surface area contributed by atoms with Gasteiger partial charge in [-0.2, -0.15) is 26.3 Å². The van der Waals surface area contributed by atoms with Crippen LogP contribution < -0.4 is 20.9 Å². The Bertz CT molecular complexity index is 1010. The van der Waals surface area contributed by atoms with Crippen molar-refractivity contribution in [1.29, 1.82) is 0 Å². The number of hydrogen-bond donors (Lipinski definition) is 4. The average Bonchev–Trinajstić information content (AvgIpc) is 3.22. The van der Waals surface area contributed by atoms with Crippen molar-refractivity contribution in [2.45, 2.75) is 36.1 Å². The topological polar surface area (TPSA) is 129 Å². The van der Waals surface area contributed by atoms with Gasteiger partial charge in [0, 0.05) is 11.4 Å². The molecule has 2 aliphatic rings. The molecule has 0 radical (unpaired) electrons. The largest absolute Gasteiger partial charge is 0.456 e. The monoisotopic (exact) mass is 496 g/mol. The minimum atomic E-state index is -4.89. The number of fused-ring (bicyclic) bond motifs is 1.